The highest BCUT2D eigenvalue weighted by molar-refractivity contribution is 5.85. The Bertz CT molecular complexity index is 307. The lowest BCUT2D eigenvalue weighted by Gasteiger charge is -2.14. The summed E-state index contributed by atoms with van der Waals surface area (Å²) in [6, 6.07) is 3.19. The standard InChI is InChI=1S/C9H12FNO2.ClH/c1-5(12)9(11)6-2-3-8(13)7(10)4-6;/h2-5,9,12-13H,11H2,1H3;1H/t5-,9-;/m1./s1. The Hall–Kier alpha value is -0.840. The fourth-order valence-corrected chi connectivity index (χ4v) is 1.01. The summed E-state index contributed by atoms with van der Waals surface area (Å²) in [7, 11) is 0. The molecule has 0 radical (unpaired) electrons. The second-order valence-corrected chi connectivity index (χ2v) is 2.98. The van der Waals surface area contributed by atoms with Crippen LogP contribution >= 0.6 is 12.4 Å². The predicted molar refractivity (Wildman–Crippen MR) is 53.9 cm³/mol. The molecule has 0 spiro atoms. The van der Waals surface area contributed by atoms with Gasteiger partial charge in [0.05, 0.1) is 12.1 Å². The quantitative estimate of drug-likeness (QED) is 0.706. The van der Waals surface area contributed by atoms with Gasteiger partial charge in [-0.1, -0.05) is 6.07 Å². The van der Waals surface area contributed by atoms with Gasteiger partial charge in [0.1, 0.15) is 0 Å². The zero-order valence-electron chi connectivity index (χ0n) is 7.64. The smallest absolute Gasteiger partial charge is 0.165 e. The van der Waals surface area contributed by atoms with E-state index in [0.29, 0.717) is 5.56 Å². The van der Waals surface area contributed by atoms with E-state index >= 15 is 0 Å². The number of nitrogens with two attached hydrogens (primary N) is 1. The Morgan fingerprint density at radius 3 is 2.43 bits per heavy atom. The minimum atomic E-state index is -0.746. The lowest BCUT2D eigenvalue weighted by Crippen LogP contribution is -2.23. The van der Waals surface area contributed by atoms with Gasteiger partial charge in [-0.2, -0.15) is 0 Å². The van der Waals surface area contributed by atoms with E-state index in [2.05, 4.69) is 0 Å². The maximum atomic E-state index is 12.8. The van der Waals surface area contributed by atoms with Crippen molar-refractivity contribution in [2.75, 3.05) is 0 Å². The Morgan fingerprint density at radius 2 is 2.00 bits per heavy atom. The molecule has 0 saturated carbocycles. The van der Waals surface area contributed by atoms with Gasteiger partial charge in [0.15, 0.2) is 11.6 Å². The summed E-state index contributed by atoms with van der Waals surface area (Å²) in [6.45, 7) is 1.52. The Morgan fingerprint density at radius 1 is 1.43 bits per heavy atom. The largest absolute Gasteiger partial charge is 0.505 e. The molecule has 0 aromatic heterocycles. The minimum Gasteiger partial charge on any atom is -0.505 e. The van der Waals surface area contributed by atoms with Crippen LogP contribution in [0.15, 0.2) is 18.2 Å². The molecule has 80 valence electrons. The molecule has 1 aromatic rings. The molecular weight excluding hydrogens is 209 g/mol. The lowest BCUT2D eigenvalue weighted by molar-refractivity contribution is 0.164. The van der Waals surface area contributed by atoms with Gasteiger partial charge in [0.25, 0.3) is 0 Å². The highest BCUT2D eigenvalue weighted by Gasteiger charge is 2.13. The van der Waals surface area contributed by atoms with Crippen LogP contribution in [0.2, 0.25) is 0 Å². The maximum Gasteiger partial charge on any atom is 0.165 e. The number of phenolic OH excluding ortho intramolecular Hbond substituents is 1. The summed E-state index contributed by atoms with van der Waals surface area (Å²) >= 11 is 0. The van der Waals surface area contributed by atoms with Crippen LogP contribution < -0.4 is 5.73 Å². The summed E-state index contributed by atoms with van der Waals surface area (Å²) in [5.74, 6) is -1.14. The van der Waals surface area contributed by atoms with Gasteiger partial charge in [0, 0.05) is 0 Å². The number of rotatable bonds is 2. The first-order chi connectivity index (χ1) is 6.02. The molecule has 0 bridgehead atoms. The molecule has 1 rings (SSSR count). The van der Waals surface area contributed by atoms with Crippen molar-refractivity contribution < 1.29 is 14.6 Å². The molecule has 0 unspecified atom stereocenters. The molecule has 5 heteroatoms. The van der Waals surface area contributed by atoms with E-state index < -0.39 is 23.7 Å². The molecule has 0 aliphatic heterocycles. The minimum absolute atomic E-state index is 0. The number of aromatic hydroxyl groups is 1. The van der Waals surface area contributed by atoms with Crippen molar-refractivity contribution in [1.82, 2.24) is 0 Å². The van der Waals surface area contributed by atoms with Gasteiger partial charge in [-0.05, 0) is 24.6 Å². The molecule has 0 heterocycles. The lowest BCUT2D eigenvalue weighted by atomic mass is 10.0. The molecule has 14 heavy (non-hydrogen) atoms. The SMILES string of the molecule is C[C@@H](O)[C@@H](N)c1ccc(O)c(F)c1.Cl. The second kappa shape index (κ2) is 5.14. The van der Waals surface area contributed by atoms with Gasteiger partial charge >= 0.3 is 0 Å². The van der Waals surface area contributed by atoms with Gasteiger partial charge in [0.2, 0.25) is 0 Å². The van der Waals surface area contributed by atoms with E-state index in [1.807, 2.05) is 0 Å². The maximum absolute atomic E-state index is 12.8. The van der Waals surface area contributed by atoms with Crippen molar-refractivity contribution in [3.8, 4) is 5.75 Å². The molecule has 2 atom stereocenters. The fraction of sp³-hybridized carbons (Fsp3) is 0.333. The van der Waals surface area contributed by atoms with Gasteiger partial charge < -0.3 is 15.9 Å². The number of benzene rings is 1. The first-order valence-corrected chi connectivity index (χ1v) is 3.94. The fourth-order valence-electron chi connectivity index (χ4n) is 1.01. The third-order valence-corrected chi connectivity index (χ3v) is 1.88. The van der Waals surface area contributed by atoms with Crippen molar-refractivity contribution >= 4 is 12.4 Å². The zero-order valence-corrected chi connectivity index (χ0v) is 8.46. The molecule has 1 aromatic carbocycles. The van der Waals surface area contributed by atoms with Crippen molar-refractivity contribution in [3.05, 3.63) is 29.6 Å². The highest BCUT2D eigenvalue weighted by atomic mass is 35.5. The summed E-state index contributed by atoms with van der Waals surface area (Å²) in [5.41, 5.74) is 6.02. The molecule has 0 fully saturated rings. The average Bonchev–Trinajstić information content (AvgIpc) is 2.08. The van der Waals surface area contributed by atoms with Crippen molar-refractivity contribution in [2.24, 2.45) is 5.73 Å². The first-order valence-electron chi connectivity index (χ1n) is 3.94. The van der Waals surface area contributed by atoms with Crippen LogP contribution in [0.4, 0.5) is 4.39 Å². The topological polar surface area (TPSA) is 66.5 Å². The number of hydrogen-bond acceptors (Lipinski definition) is 3. The van der Waals surface area contributed by atoms with Crippen LogP contribution in [0.3, 0.4) is 0 Å². The number of phenols is 1. The summed E-state index contributed by atoms with van der Waals surface area (Å²) in [4.78, 5) is 0. The normalized spacial score (nSPS) is 14.3. The summed E-state index contributed by atoms with van der Waals surface area (Å²) in [5, 5.41) is 18.0. The third kappa shape index (κ3) is 2.83. The van der Waals surface area contributed by atoms with Crippen molar-refractivity contribution in [1.29, 1.82) is 0 Å². The van der Waals surface area contributed by atoms with E-state index in [4.69, 9.17) is 15.9 Å². The van der Waals surface area contributed by atoms with Gasteiger partial charge in [-0.3, -0.25) is 0 Å². The number of halogens is 2. The molecule has 0 amide bonds. The van der Waals surface area contributed by atoms with Gasteiger partial charge in [-0.25, -0.2) is 4.39 Å². The number of hydrogen-bond donors (Lipinski definition) is 3. The van der Waals surface area contributed by atoms with E-state index in [9.17, 15) is 4.39 Å². The molecular formula is C9H13ClFNO2. The molecule has 0 saturated heterocycles. The van der Waals surface area contributed by atoms with Crippen LogP contribution in [0.25, 0.3) is 0 Å². The van der Waals surface area contributed by atoms with Crippen LogP contribution in [-0.4, -0.2) is 16.3 Å². The predicted octanol–water partition coefficient (Wildman–Crippen LogP) is 1.33. The van der Waals surface area contributed by atoms with Crippen LogP contribution in [0.1, 0.15) is 18.5 Å². The third-order valence-electron chi connectivity index (χ3n) is 1.88. The average molecular weight is 222 g/mol. The monoisotopic (exact) mass is 221 g/mol. The van der Waals surface area contributed by atoms with E-state index in [1.165, 1.54) is 19.1 Å². The molecule has 3 nitrogen and oxygen atoms in total. The van der Waals surface area contributed by atoms with Crippen molar-refractivity contribution in [2.45, 2.75) is 19.1 Å². The Kier molecular flexibility index (Phi) is 4.83. The number of aliphatic hydroxyl groups is 1. The molecule has 4 N–H and O–H groups in total. The van der Waals surface area contributed by atoms with E-state index in [1.54, 1.807) is 0 Å². The van der Waals surface area contributed by atoms with Crippen molar-refractivity contribution in [3.63, 3.8) is 0 Å². The van der Waals surface area contributed by atoms with Crippen LogP contribution in [-0.2, 0) is 0 Å². The number of aliphatic hydroxyl groups excluding tert-OH is 1. The zero-order chi connectivity index (χ0) is 10.0. The van der Waals surface area contributed by atoms with Gasteiger partial charge in [-0.15, -0.1) is 12.4 Å². The summed E-state index contributed by atoms with van der Waals surface area (Å²) < 4.78 is 12.8. The van der Waals surface area contributed by atoms with E-state index in [-0.39, 0.29) is 12.4 Å². The van der Waals surface area contributed by atoms with Crippen LogP contribution in [0.5, 0.6) is 5.75 Å². The first kappa shape index (κ1) is 13.2. The molecule has 0 aliphatic rings. The Balaban J connectivity index is 0.00000169. The summed E-state index contributed by atoms with van der Waals surface area (Å²) in [6.07, 6.45) is -0.746. The second-order valence-electron chi connectivity index (χ2n) is 2.98. The Labute approximate surface area is 87.8 Å². The molecule has 0 aliphatic carbocycles. The van der Waals surface area contributed by atoms with Crippen LogP contribution in [0, 0.1) is 5.82 Å². The highest BCUT2D eigenvalue weighted by Crippen LogP contribution is 2.21. The van der Waals surface area contributed by atoms with E-state index in [0.717, 1.165) is 6.07 Å².